The molecule has 0 aromatic rings. The summed E-state index contributed by atoms with van der Waals surface area (Å²) in [6, 6.07) is 0. The summed E-state index contributed by atoms with van der Waals surface area (Å²) in [5.74, 6) is 0.545. The van der Waals surface area contributed by atoms with Crippen LogP contribution < -0.4 is 0 Å². The highest BCUT2D eigenvalue weighted by Gasteiger charge is 2.47. The Morgan fingerprint density at radius 3 is 2.62 bits per heavy atom. The highest BCUT2D eigenvalue weighted by Crippen LogP contribution is 2.58. The van der Waals surface area contributed by atoms with Crippen LogP contribution in [0, 0.1) is 16.7 Å². The van der Waals surface area contributed by atoms with E-state index in [9.17, 15) is 5.11 Å². The zero-order valence-electron chi connectivity index (χ0n) is 14.5. The van der Waals surface area contributed by atoms with Gasteiger partial charge in [0.25, 0.3) is 0 Å². The highest BCUT2D eigenvalue weighted by atomic mass is 16.3. The number of aliphatic hydroxyl groups is 1. The maximum Gasteiger partial charge on any atom is 0.0797 e. The Labute approximate surface area is 130 Å². The molecule has 0 spiro atoms. The lowest BCUT2D eigenvalue weighted by atomic mass is 9.52. The molecule has 0 saturated heterocycles. The van der Waals surface area contributed by atoms with E-state index in [1.54, 1.807) is 11.6 Å². The molecule has 1 N–H and O–H groups in total. The van der Waals surface area contributed by atoms with Crippen molar-refractivity contribution in [2.24, 2.45) is 16.7 Å². The van der Waals surface area contributed by atoms with Crippen LogP contribution in [0.4, 0.5) is 0 Å². The van der Waals surface area contributed by atoms with Crippen molar-refractivity contribution in [2.75, 3.05) is 0 Å². The number of fused-ring (bicyclic) bond motifs is 1. The van der Waals surface area contributed by atoms with Crippen molar-refractivity contribution in [3.8, 4) is 0 Å². The lowest BCUT2D eigenvalue weighted by molar-refractivity contribution is 0.0756. The third kappa shape index (κ3) is 3.04. The molecule has 0 aromatic heterocycles. The van der Waals surface area contributed by atoms with Gasteiger partial charge in [0.1, 0.15) is 0 Å². The maximum atomic E-state index is 10.3. The molecule has 0 radical (unpaired) electrons. The van der Waals surface area contributed by atoms with Crippen molar-refractivity contribution in [1.29, 1.82) is 0 Å². The van der Waals surface area contributed by atoms with Gasteiger partial charge >= 0.3 is 0 Å². The normalized spacial score (nSPS) is 34.3. The van der Waals surface area contributed by atoms with E-state index in [0.717, 1.165) is 12.8 Å². The predicted octanol–water partition coefficient (Wildman–Crippen LogP) is 5.42. The first-order chi connectivity index (χ1) is 9.62. The first kappa shape index (κ1) is 16.5. The minimum Gasteiger partial charge on any atom is -0.386 e. The summed E-state index contributed by atoms with van der Waals surface area (Å²) in [6.07, 6.45) is 12.1. The average Bonchev–Trinajstić information content (AvgIpc) is 2.36. The van der Waals surface area contributed by atoms with E-state index in [0.29, 0.717) is 11.3 Å². The quantitative estimate of drug-likeness (QED) is 0.685. The second kappa shape index (κ2) is 5.43. The van der Waals surface area contributed by atoms with Crippen LogP contribution in [0.1, 0.15) is 66.7 Å². The summed E-state index contributed by atoms with van der Waals surface area (Å²) in [4.78, 5) is 0. The molecule has 3 unspecified atom stereocenters. The van der Waals surface area contributed by atoms with E-state index in [1.165, 1.54) is 24.8 Å². The van der Waals surface area contributed by atoms with Crippen LogP contribution in [0.5, 0.6) is 0 Å². The molecule has 0 bridgehead atoms. The van der Waals surface area contributed by atoms with Gasteiger partial charge in [0.05, 0.1) is 5.60 Å². The standard InChI is InChI=1S/C20H32O/c1-7-19(5,21)14-11-16-15(2)9-10-17-18(3,4)12-8-13-20(16,17)6/h7,9-10,16,21H,1,8,11-14H2,2-6H3. The van der Waals surface area contributed by atoms with E-state index in [2.05, 4.69) is 46.4 Å². The topological polar surface area (TPSA) is 20.2 Å². The van der Waals surface area contributed by atoms with Gasteiger partial charge in [0, 0.05) is 0 Å². The predicted molar refractivity (Wildman–Crippen MR) is 91.1 cm³/mol. The van der Waals surface area contributed by atoms with Crippen molar-refractivity contribution < 1.29 is 5.11 Å². The van der Waals surface area contributed by atoms with Gasteiger partial charge in [-0.25, -0.2) is 0 Å². The van der Waals surface area contributed by atoms with E-state index in [4.69, 9.17) is 0 Å². The van der Waals surface area contributed by atoms with Gasteiger partial charge in [-0.3, -0.25) is 0 Å². The Morgan fingerprint density at radius 1 is 1.33 bits per heavy atom. The van der Waals surface area contributed by atoms with Crippen LogP contribution in [0.15, 0.2) is 36.0 Å². The van der Waals surface area contributed by atoms with Crippen LogP contribution in [-0.2, 0) is 0 Å². The summed E-state index contributed by atoms with van der Waals surface area (Å²) in [5.41, 5.74) is 2.91. The minimum absolute atomic E-state index is 0.262. The fourth-order valence-electron chi connectivity index (χ4n) is 4.64. The van der Waals surface area contributed by atoms with Crippen molar-refractivity contribution in [1.82, 2.24) is 0 Å². The second-order valence-electron chi connectivity index (χ2n) is 8.30. The summed E-state index contributed by atoms with van der Waals surface area (Å²) in [7, 11) is 0. The molecular weight excluding hydrogens is 256 g/mol. The molecule has 0 heterocycles. The number of rotatable bonds is 4. The average molecular weight is 288 g/mol. The van der Waals surface area contributed by atoms with E-state index < -0.39 is 5.60 Å². The molecule has 21 heavy (non-hydrogen) atoms. The largest absolute Gasteiger partial charge is 0.386 e. The summed E-state index contributed by atoms with van der Waals surface area (Å²) in [5, 5.41) is 10.3. The van der Waals surface area contributed by atoms with E-state index in [1.807, 2.05) is 6.92 Å². The van der Waals surface area contributed by atoms with Crippen LogP contribution in [-0.4, -0.2) is 10.7 Å². The Morgan fingerprint density at radius 2 is 2.00 bits per heavy atom. The second-order valence-corrected chi connectivity index (χ2v) is 8.30. The molecular formula is C20H32O. The van der Waals surface area contributed by atoms with Crippen LogP contribution in [0.25, 0.3) is 0 Å². The molecule has 3 atom stereocenters. The molecule has 1 nitrogen and oxygen atoms in total. The minimum atomic E-state index is -0.748. The molecule has 1 saturated carbocycles. The summed E-state index contributed by atoms with van der Waals surface area (Å²) < 4.78 is 0. The smallest absolute Gasteiger partial charge is 0.0797 e. The Bertz CT molecular complexity index is 478. The first-order valence-electron chi connectivity index (χ1n) is 8.38. The van der Waals surface area contributed by atoms with Gasteiger partial charge in [-0.1, -0.05) is 56.6 Å². The summed E-state index contributed by atoms with van der Waals surface area (Å²) in [6.45, 7) is 15.1. The number of hydrogen-bond donors (Lipinski definition) is 1. The van der Waals surface area contributed by atoms with Crippen molar-refractivity contribution in [2.45, 2.75) is 72.3 Å². The van der Waals surface area contributed by atoms with Gasteiger partial charge in [0.15, 0.2) is 0 Å². The Hall–Kier alpha value is -0.820. The van der Waals surface area contributed by atoms with Crippen molar-refractivity contribution in [3.63, 3.8) is 0 Å². The van der Waals surface area contributed by atoms with Gasteiger partial charge in [0.2, 0.25) is 0 Å². The monoisotopic (exact) mass is 288 g/mol. The van der Waals surface area contributed by atoms with Crippen molar-refractivity contribution in [3.05, 3.63) is 36.0 Å². The van der Waals surface area contributed by atoms with Crippen LogP contribution >= 0.6 is 0 Å². The van der Waals surface area contributed by atoms with Crippen LogP contribution in [0.2, 0.25) is 0 Å². The van der Waals surface area contributed by atoms with E-state index in [-0.39, 0.29) is 5.41 Å². The van der Waals surface area contributed by atoms with Crippen molar-refractivity contribution >= 4 is 0 Å². The fourth-order valence-corrected chi connectivity index (χ4v) is 4.64. The van der Waals surface area contributed by atoms with Gasteiger partial charge in [-0.2, -0.15) is 0 Å². The first-order valence-corrected chi connectivity index (χ1v) is 8.38. The van der Waals surface area contributed by atoms with E-state index >= 15 is 0 Å². The van der Waals surface area contributed by atoms with Gasteiger partial charge < -0.3 is 5.11 Å². The Kier molecular flexibility index (Phi) is 4.28. The molecule has 0 aromatic carbocycles. The third-order valence-corrected chi connectivity index (χ3v) is 6.05. The van der Waals surface area contributed by atoms with Gasteiger partial charge in [-0.15, -0.1) is 6.58 Å². The summed E-state index contributed by atoms with van der Waals surface area (Å²) >= 11 is 0. The third-order valence-electron chi connectivity index (χ3n) is 6.05. The molecule has 2 aliphatic carbocycles. The SMILES string of the molecule is C=CC(C)(O)CCC1C(C)=CC=C2C(C)(C)CCCC21C. The lowest BCUT2D eigenvalue weighted by Crippen LogP contribution is -2.42. The molecule has 2 rings (SSSR count). The lowest BCUT2D eigenvalue weighted by Gasteiger charge is -2.52. The molecule has 118 valence electrons. The molecule has 1 heteroatoms. The zero-order valence-corrected chi connectivity index (χ0v) is 14.5. The molecule has 0 amide bonds. The fraction of sp³-hybridized carbons (Fsp3) is 0.700. The van der Waals surface area contributed by atoms with Gasteiger partial charge in [-0.05, 0) is 56.3 Å². The number of allylic oxidation sites excluding steroid dienone is 4. The Balaban J connectivity index is 2.28. The van der Waals surface area contributed by atoms with Crippen LogP contribution in [0.3, 0.4) is 0 Å². The molecule has 2 aliphatic rings. The zero-order chi connectivity index (χ0) is 15.9. The highest BCUT2D eigenvalue weighted by molar-refractivity contribution is 5.37. The molecule has 0 aliphatic heterocycles. The molecule has 1 fully saturated rings. The maximum absolute atomic E-state index is 10.3. The number of hydrogen-bond acceptors (Lipinski definition) is 1.